The minimum Gasteiger partial charge on any atom is -0.493 e. The quantitative estimate of drug-likeness (QED) is 0.136. The summed E-state index contributed by atoms with van der Waals surface area (Å²) in [5.74, 6) is -25.4. The summed E-state index contributed by atoms with van der Waals surface area (Å²) < 4.78 is 123. The van der Waals surface area contributed by atoms with Gasteiger partial charge in [-0.05, 0) is 23.8 Å². The molecule has 0 radical (unpaired) electrons. The van der Waals surface area contributed by atoms with E-state index in [4.69, 9.17) is 4.74 Å². The predicted octanol–water partition coefficient (Wildman–Crippen LogP) is 7.27. The maximum Gasteiger partial charge on any atom is 0.378 e. The van der Waals surface area contributed by atoms with E-state index in [0.717, 1.165) is 16.6 Å². The van der Waals surface area contributed by atoms with E-state index in [1.165, 1.54) is 12.1 Å². The van der Waals surface area contributed by atoms with Gasteiger partial charge in [-0.3, -0.25) is 0 Å². The zero-order chi connectivity index (χ0) is 28.4. The van der Waals surface area contributed by atoms with Gasteiger partial charge in [-0.25, -0.2) is 4.79 Å². The van der Waals surface area contributed by atoms with Crippen molar-refractivity contribution in [3.05, 3.63) is 67.3 Å². The summed E-state index contributed by atoms with van der Waals surface area (Å²) in [6, 6.07) is 15.6. The molecular formula is C26H23F8NO3. The fraction of sp³-hybridized carbons (Fsp3) is 0.346. The number of halogens is 8. The number of rotatable bonds is 12. The van der Waals surface area contributed by atoms with E-state index in [9.17, 15) is 39.9 Å². The van der Waals surface area contributed by atoms with Crippen LogP contribution in [0.25, 0.3) is 22.2 Å². The van der Waals surface area contributed by atoms with Crippen LogP contribution in [-0.4, -0.2) is 47.4 Å². The number of esters is 1. The zero-order valence-electron chi connectivity index (χ0n) is 20.0. The molecule has 0 saturated carbocycles. The van der Waals surface area contributed by atoms with Crippen LogP contribution in [0, 0.1) is 0 Å². The fourth-order valence-electron chi connectivity index (χ4n) is 3.69. The predicted molar refractivity (Wildman–Crippen MR) is 124 cm³/mol. The van der Waals surface area contributed by atoms with Crippen LogP contribution in [0.15, 0.2) is 67.3 Å². The highest BCUT2D eigenvalue weighted by molar-refractivity contribution is 5.88. The molecule has 1 heterocycles. The summed E-state index contributed by atoms with van der Waals surface area (Å²) in [5.41, 5.74) is 2.33. The average molecular weight is 549 g/mol. The van der Waals surface area contributed by atoms with Crippen LogP contribution in [0.3, 0.4) is 0 Å². The molecule has 3 rings (SSSR count). The SMILES string of the molecule is C=CC(=O)OCCC(F)(F)C(F)(F)C(F)(F)C(F)(F)CCOc1ccc2cc(-c3ccccc3)n(C)c2c1. The van der Waals surface area contributed by atoms with Gasteiger partial charge in [0.15, 0.2) is 0 Å². The number of carbonyl (C=O) groups excluding carboxylic acids is 1. The van der Waals surface area contributed by atoms with E-state index in [1.54, 1.807) is 17.7 Å². The lowest BCUT2D eigenvalue weighted by Gasteiger charge is -2.36. The molecule has 206 valence electrons. The third kappa shape index (κ3) is 5.48. The molecule has 0 bridgehead atoms. The first-order valence-corrected chi connectivity index (χ1v) is 11.2. The molecule has 1 aromatic heterocycles. The second-order valence-corrected chi connectivity index (χ2v) is 8.45. The lowest BCUT2D eigenvalue weighted by molar-refractivity contribution is -0.368. The highest BCUT2D eigenvalue weighted by atomic mass is 19.4. The summed E-state index contributed by atoms with van der Waals surface area (Å²) in [6.45, 7) is 0.362. The first kappa shape index (κ1) is 29.0. The minimum absolute atomic E-state index is 0.0152. The topological polar surface area (TPSA) is 40.5 Å². The third-order valence-electron chi connectivity index (χ3n) is 5.91. The number of aryl methyl sites for hydroxylation is 1. The first-order valence-electron chi connectivity index (χ1n) is 11.2. The van der Waals surface area contributed by atoms with E-state index in [2.05, 4.69) is 11.3 Å². The van der Waals surface area contributed by atoms with Crippen molar-refractivity contribution in [2.24, 2.45) is 7.05 Å². The molecule has 4 nitrogen and oxygen atoms in total. The highest BCUT2D eigenvalue weighted by Crippen LogP contribution is 2.54. The summed E-state index contributed by atoms with van der Waals surface area (Å²) in [7, 11) is 1.74. The molecule has 0 aliphatic carbocycles. The Labute approximate surface area is 212 Å². The Morgan fingerprint density at radius 1 is 0.868 bits per heavy atom. The van der Waals surface area contributed by atoms with Gasteiger partial charge in [0, 0.05) is 30.3 Å². The van der Waals surface area contributed by atoms with Crippen molar-refractivity contribution in [3.63, 3.8) is 0 Å². The number of nitrogens with zero attached hydrogens (tertiary/aromatic N) is 1. The van der Waals surface area contributed by atoms with Gasteiger partial charge in [0.05, 0.1) is 31.6 Å². The molecule has 0 N–H and O–H groups in total. The van der Waals surface area contributed by atoms with Gasteiger partial charge in [-0.2, -0.15) is 35.1 Å². The van der Waals surface area contributed by atoms with Gasteiger partial charge >= 0.3 is 29.7 Å². The van der Waals surface area contributed by atoms with Crippen molar-refractivity contribution >= 4 is 16.9 Å². The normalized spacial score (nSPS) is 13.0. The van der Waals surface area contributed by atoms with E-state index < -0.39 is 55.7 Å². The number of alkyl halides is 8. The molecule has 0 unspecified atom stereocenters. The summed E-state index contributed by atoms with van der Waals surface area (Å²) in [4.78, 5) is 10.8. The van der Waals surface area contributed by atoms with E-state index >= 15 is 0 Å². The second-order valence-electron chi connectivity index (χ2n) is 8.45. The van der Waals surface area contributed by atoms with E-state index in [0.29, 0.717) is 11.6 Å². The number of fused-ring (bicyclic) bond motifs is 1. The molecule has 0 fully saturated rings. The molecule has 0 spiro atoms. The Balaban J connectivity index is 1.70. The van der Waals surface area contributed by atoms with Crippen molar-refractivity contribution in [2.75, 3.05) is 13.2 Å². The van der Waals surface area contributed by atoms with E-state index in [-0.39, 0.29) is 5.75 Å². The number of benzene rings is 2. The Bertz CT molecular complexity index is 1290. The van der Waals surface area contributed by atoms with Gasteiger partial charge in [0.25, 0.3) is 0 Å². The molecule has 0 amide bonds. The van der Waals surface area contributed by atoms with Crippen molar-refractivity contribution in [1.29, 1.82) is 0 Å². The average Bonchev–Trinajstić information content (AvgIpc) is 3.19. The van der Waals surface area contributed by atoms with Gasteiger partial charge in [-0.1, -0.05) is 36.9 Å². The Hall–Kier alpha value is -3.57. The molecule has 0 atom stereocenters. The molecule has 0 aliphatic rings. The monoisotopic (exact) mass is 549 g/mol. The second kappa shape index (κ2) is 10.7. The molecule has 38 heavy (non-hydrogen) atoms. The minimum atomic E-state index is -6.46. The lowest BCUT2D eigenvalue weighted by Crippen LogP contribution is -2.62. The largest absolute Gasteiger partial charge is 0.493 e. The van der Waals surface area contributed by atoms with Gasteiger partial charge in [0.2, 0.25) is 0 Å². The maximum absolute atomic E-state index is 14.2. The molecular weight excluding hydrogens is 526 g/mol. The van der Waals surface area contributed by atoms with Crippen molar-refractivity contribution in [1.82, 2.24) is 4.57 Å². The lowest BCUT2D eigenvalue weighted by atomic mass is 9.95. The number of ether oxygens (including phenoxy) is 2. The van der Waals surface area contributed by atoms with E-state index in [1.807, 2.05) is 36.4 Å². The molecule has 2 aromatic carbocycles. The molecule has 0 aliphatic heterocycles. The molecule has 0 saturated heterocycles. The fourth-order valence-corrected chi connectivity index (χ4v) is 3.69. The van der Waals surface area contributed by atoms with Gasteiger partial charge in [-0.15, -0.1) is 0 Å². The van der Waals surface area contributed by atoms with Crippen LogP contribution in [-0.2, 0) is 16.6 Å². The molecule has 3 aromatic rings. The number of hydrogen-bond acceptors (Lipinski definition) is 3. The summed E-state index contributed by atoms with van der Waals surface area (Å²) in [6.07, 6.45) is -3.56. The standard InChI is InChI=1S/C26H23F8NO3/c1-3-22(36)38-14-12-24(29,30)26(33,34)25(31,32)23(27,28)11-13-37-19-10-9-18-15-20(35(2)21(18)16-19)17-7-5-4-6-8-17/h3-10,15-16H,1,11-14H2,2H3. The summed E-state index contributed by atoms with van der Waals surface area (Å²) in [5, 5.41) is 0.760. The Morgan fingerprint density at radius 3 is 2.03 bits per heavy atom. The molecule has 12 heteroatoms. The zero-order valence-corrected chi connectivity index (χ0v) is 20.0. The smallest absolute Gasteiger partial charge is 0.378 e. The number of carbonyl (C=O) groups is 1. The highest BCUT2D eigenvalue weighted by Gasteiger charge is 2.79. The van der Waals surface area contributed by atoms with Gasteiger partial charge < -0.3 is 14.0 Å². The van der Waals surface area contributed by atoms with Crippen molar-refractivity contribution < 1.29 is 49.4 Å². The van der Waals surface area contributed by atoms with Crippen molar-refractivity contribution in [3.8, 4) is 17.0 Å². The van der Waals surface area contributed by atoms with Crippen LogP contribution in [0.4, 0.5) is 35.1 Å². The van der Waals surface area contributed by atoms with Gasteiger partial charge in [0.1, 0.15) is 5.75 Å². The number of aromatic nitrogens is 1. The Kier molecular flexibility index (Phi) is 8.13. The van der Waals surface area contributed by atoms with Crippen LogP contribution in [0.5, 0.6) is 5.75 Å². The van der Waals surface area contributed by atoms with Crippen LogP contribution < -0.4 is 4.74 Å². The summed E-state index contributed by atoms with van der Waals surface area (Å²) >= 11 is 0. The van der Waals surface area contributed by atoms with Crippen molar-refractivity contribution in [2.45, 2.75) is 36.5 Å². The third-order valence-corrected chi connectivity index (χ3v) is 5.91. The van der Waals surface area contributed by atoms with Crippen LogP contribution in [0.2, 0.25) is 0 Å². The van der Waals surface area contributed by atoms with Crippen LogP contribution in [0.1, 0.15) is 12.8 Å². The van der Waals surface area contributed by atoms with Crippen LogP contribution >= 0.6 is 0 Å². The maximum atomic E-state index is 14.2. The first-order chi connectivity index (χ1) is 17.6. The number of hydrogen-bond donors (Lipinski definition) is 0. The Morgan fingerprint density at radius 2 is 1.45 bits per heavy atom.